The Morgan fingerprint density at radius 1 is 1.41 bits per heavy atom. The minimum atomic E-state index is -4.83. The van der Waals surface area contributed by atoms with Crippen molar-refractivity contribution in [3.63, 3.8) is 0 Å². The van der Waals surface area contributed by atoms with E-state index >= 15 is 0 Å². The second-order valence-corrected chi connectivity index (χ2v) is 3.13. The highest BCUT2D eigenvalue weighted by Gasteiger charge is 2.31. The second-order valence-electron chi connectivity index (χ2n) is 3.13. The van der Waals surface area contributed by atoms with E-state index in [0.717, 1.165) is 12.1 Å². The Morgan fingerprint density at radius 2 is 2.00 bits per heavy atom. The van der Waals surface area contributed by atoms with E-state index in [-0.39, 0.29) is 11.3 Å². The van der Waals surface area contributed by atoms with Crippen LogP contribution < -0.4 is 4.74 Å². The summed E-state index contributed by atoms with van der Waals surface area (Å²) in [5, 5.41) is 10.4. The maximum Gasteiger partial charge on any atom is 0.573 e. The van der Waals surface area contributed by atoms with Gasteiger partial charge >= 0.3 is 6.36 Å². The summed E-state index contributed by atoms with van der Waals surface area (Å²) in [6.45, 7) is 1.18. The van der Waals surface area contributed by atoms with E-state index in [2.05, 4.69) is 4.74 Å². The predicted octanol–water partition coefficient (Wildman–Crippen LogP) is 3.22. The summed E-state index contributed by atoms with van der Waals surface area (Å²) in [6.07, 6.45) is -3.81. The highest BCUT2D eigenvalue weighted by Crippen LogP contribution is 2.27. The lowest BCUT2D eigenvalue weighted by Gasteiger charge is -2.10. The van der Waals surface area contributed by atoms with Crippen molar-refractivity contribution in [1.29, 1.82) is 0 Å². The zero-order valence-corrected chi connectivity index (χ0v) is 8.69. The Labute approximate surface area is 94.5 Å². The molecule has 0 aliphatic heterocycles. The number of alkyl halides is 3. The van der Waals surface area contributed by atoms with Gasteiger partial charge in [0, 0.05) is 18.6 Å². The lowest BCUT2D eigenvalue weighted by molar-refractivity contribution is -0.422. The van der Waals surface area contributed by atoms with E-state index in [0.29, 0.717) is 0 Å². The zero-order chi connectivity index (χ0) is 13.1. The number of para-hydroxylation sites is 1. The molecule has 92 valence electrons. The van der Waals surface area contributed by atoms with Crippen molar-refractivity contribution in [3.8, 4) is 5.75 Å². The Bertz CT molecular complexity index is 454. The van der Waals surface area contributed by atoms with E-state index in [1.807, 2.05) is 0 Å². The monoisotopic (exact) mass is 247 g/mol. The van der Waals surface area contributed by atoms with Gasteiger partial charge in [0.1, 0.15) is 5.75 Å². The number of halogens is 3. The molecule has 0 aromatic heterocycles. The molecule has 1 aromatic carbocycles. The molecule has 0 unspecified atom stereocenters. The first-order chi connectivity index (χ1) is 7.79. The fraction of sp³-hybridized carbons (Fsp3) is 0.200. The topological polar surface area (TPSA) is 52.4 Å². The normalized spacial score (nSPS) is 12.4. The van der Waals surface area contributed by atoms with Crippen LogP contribution in [0, 0.1) is 10.1 Å². The summed E-state index contributed by atoms with van der Waals surface area (Å²) in [4.78, 5) is 9.68. The van der Waals surface area contributed by atoms with E-state index in [4.69, 9.17) is 0 Å². The Balaban J connectivity index is 3.09. The highest BCUT2D eigenvalue weighted by atomic mass is 19.4. The lowest BCUT2D eigenvalue weighted by Crippen LogP contribution is -2.17. The second kappa shape index (κ2) is 4.86. The molecule has 0 heterocycles. The van der Waals surface area contributed by atoms with Crippen LogP contribution in [-0.4, -0.2) is 11.3 Å². The number of benzene rings is 1. The molecule has 0 N–H and O–H groups in total. The molecule has 17 heavy (non-hydrogen) atoms. The maximum absolute atomic E-state index is 12.0. The molecule has 1 aromatic rings. The molecule has 4 nitrogen and oxygen atoms in total. The first-order valence-electron chi connectivity index (χ1n) is 4.47. The van der Waals surface area contributed by atoms with Gasteiger partial charge in [-0.05, 0) is 6.07 Å². The molecule has 0 atom stereocenters. The zero-order valence-electron chi connectivity index (χ0n) is 8.69. The van der Waals surface area contributed by atoms with Gasteiger partial charge in [0.15, 0.2) is 0 Å². The van der Waals surface area contributed by atoms with Crippen LogP contribution in [0.15, 0.2) is 30.0 Å². The molecule has 0 saturated carbocycles. The Hall–Kier alpha value is -2.05. The van der Waals surface area contributed by atoms with Crippen molar-refractivity contribution in [1.82, 2.24) is 0 Å². The van der Waals surface area contributed by atoms with Crippen molar-refractivity contribution in [2.24, 2.45) is 0 Å². The van der Waals surface area contributed by atoms with Gasteiger partial charge in [-0.25, -0.2) is 0 Å². The van der Waals surface area contributed by atoms with Crippen LogP contribution in [-0.2, 0) is 0 Å². The number of nitrogens with zero attached hydrogens (tertiary/aromatic N) is 1. The third-order valence-electron chi connectivity index (χ3n) is 1.80. The number of nitro groups is 1. The van der Waals surface area contributed by atoms with Crippen LogP contribution in [0.1, 0.15) is 12.5 Å². The van der Waals surface area contributed by atoms with Gasteiger partial charge in [-0.1, -0.05) is 18.2 Å². The van der Waals surface area contributed by atoms with Gasteiger partial charge < -0.3 is 4.74 Å². The number of ether oxygens (including phenoxy) is 1. The predicted molar refractivity (Wildman–Crippen MR) is 53.8 cm³/mol. The number of hydrogen-bond donors (Lipinski definition) is 0. The summed E-state index contributed by atoms with van der Waals surface area (Å²) in [7, 11) is 0. The van der Waals surface area contributed by atoms with Crippen molar-refractivity contribution in [2.45, 2.75) is 13.3 Å². The fourth-order valence-electron chi connectivity index (χ4n) is 1.10. The quantitative estimate of drug-likeness (QED) is 0.608. The summed E-state index contributed by atoms with van der Waals surface area (Å²) in [5.74, 6) is -0.471. The molecular weight excluding hydrogens is 239 g/mol. The van der Waals surface area contributed by atoms with E-state index in [1.54, 1.807) is 0 Å². The van der Waals surface area contributed by atoms with Crippen molar-refractivity contribution < 1.29 is 22.8 Å². The van der Waals surface area contributed by atoms with Gasteiger partial charge in [-0.15, -0.1) is 13.2 Å². The molecular formula is C10H8F3NO3. The Morgan fingerprint density at radius 3 is 2.53 bits per heavy atom. The van der Waals surface area contributed by atoms with Gasteiger partial charge in [-0.2, -0.15) is 0 Å². The van der Waals surface area contributed by atoms with Gasteiger partial charge in [0.2, 0.25) is 5.70 Å². The van der Waals surface area contributed by atoms with Crippen LogP contribution >= 0.6 is 0 Å². The smallest absolute Gasteiger partial charge is 0.405 e. The first kappa shape index (κ1) is 13.0. The largest absolute Gasteiger partial charge is 0.573 e. The molecule has 0 radical (unpaired) electrons. The molecule has 0 amide bonds. The fourth-order valence-corrected chi connectivity index (χ4v) is 1.10. The summed E-state index contributed by atoms with van der Waals surface area (Å²) in [6, 6.07) is 5.20. The van der Waals surface area contributed by atoms with Crippen LogP contribution in [0.25, 0.3) is 6.08 Å². The van der Waals surface area contributed by atoms with Gasteiger partial charge in [0.05, 0.1) is 4.92 Å². The molecule has 0 aliphatic rings. The van der Waals surface area contributed by atoms with Crippen molar-refractivity contribution >= 4 is 6.08 Å². The molecule has 0 saturated heterocycles. The minimum Gasteiger partial charge on any atom is -0.405 e. The maximum atomic E-state index is 12.0. The molecule has 0 fully saturated rings. The van der Waals surface area contributed by atoms with Crippen molar-refractivity contribution in [3.05, 3.63) is 45.6 Å². The average molecular weight is 247 g/mol. The van der Waals surface area contributed by atoms with Gasteiger partial charge in [0.25, 0.3) is 0 Å². The Kier molecular flexibility index (Phi) is 3.72. The number of allylic oxidation sites excluding steroid dienone is 1. The van der Waals surface area contributed by atoms with Gasteiger partial charge in [-0.3, -0.25) is 10.1 Å². The SMILES string of the molecule is C/C(=C\c1ccccc1OC(F)(F)F)[N+](=O)[O-]. The van der Waals surface area contributed by atoms with Crippen LogP contribution in [0.4, 0.5) is 13.2 Å². The lowest BCUT2D eigenvalue weighted by atomic mass is 10.2. The minimum absolute atomic E-state index is 0.000903. The van der Waals surface area contributed by atoms with E-state index in [1.165, 1.54) is 25.1 Å². The summed E-state index contributed by atoms with van der Waals surface area (Å²) in [5.41, 5.74) is -0.276. The van der Waals surface area contributed by atoms with Crippen LogP contribution in [0.3, 0.4) is 0 Å². The molecule has 0 spiro atoms. The third-order valence-corrected chi connectivity index (χ3v) is 1.80. The number of hydrogen-bond acceptors (Lipinski definition) is 3. The molecule has 1 rings (SSSR count). The first-order valence-corrected chi connectivity index (χ1v) is 4.47. The van der Waals surface area contributed by atoms with E-state index in [9.17, 15) is 23.3 Å². The number of rotatable bonds is 3. The van der Waals surface area contributed by atoms with Crippen molar-refractivity contribution in [2.75, 3.05) is 0 Å². The van der Waals surface area contributed by atoms with E-state index < -0.39 is 17.0 Å². The summed E-state index contributed by atoms with van der Waals surface area (Å²) < 4.78 is 39.9. The molecule has 0 bridgehead atoms. The van der Waals surface area contributed by atoms with Crippen LogP contribution in [0.5, 0.6) is 5.75 Å². The average Bonchev–Trinajstić information content (AvgIpc) is 2.18. The highest BCUT2D eigenvalue weighted by molar-refractivity contribution is 5.58. The molecule has 7 heteroatoms. The standard InChI is InChI=1S/C10H8F3NO3/c1-7(14(15)16)6-8-4-2-3-5-9(8)17-10(11,12)13/h2-6H,1H3/b7-6+. The molecule has 0 aliphatic carbocycles. The van der Waals surface area contributed by atoms with Crippen LogP contribution in [0.2, 0.25) is 0 Å². The third kappa shape index (κ3) is 4.13. The summed E-state index contributed by atoms with van der Waals surface area (Å²) >= 11 is 0.